The smallest absolute Gasteiger partial charge is 0.341 e. The fourth-order valence-corrected chi connectivity index (χ4v) is 2.44. The molecule has 0 fully saturated rings. The molecular formula is C20H23NO5. The highest BCUT2D eigenvalue weighted by Gasteiger charge is 2.20. The number of carbonyl (C=O) groups is 2. The molecule has 1 unspecified atom stereocenters. The van der Waals surface area contributed by atoms with Gasteiger partial charge in [0.05, 0.1) is 0 Å². The minimum atomic E-state index is -1.01. The van der Waals surface area contributed by atoms with Crippen LogP contribution in [0.5, 0.6) is 5.75 Å². The second kappa shape index (κ2) is 10.2. The van der Waals surface area contributed by atoms with E-state index in [9.17, 15) is 9.59 Å². The number of hydrogen-bond donors (Lipinski definition) is 2. The monoisotopic (exact) mass is 357 g/mol. The molecule has 0 spiro atoms. The Bertz CT molecular complexity index is 700. The molecule has 0 saturated carbocycles. The van der Waals surface area contributed by atoms with E-state index in [2.05, 4.69) is 5.32 Å². The van der Waals surface area contributed by atoms with Gasteiger partial charge in [0.15, 0.2) is 12.7 Å². The van der Waals surface area contributed by atoms with Crippen molar-refractivity contribution >= 4 is 11.9 Å². The minimum absolute atomic E-state index is 0.167. The van der Waals surface area contributed by atoms with Crippen LogP contribution < -0.4 is 10.1 Å². The molecule has 138 valence electrons. The first-order valence-corrected chi connectivity index (χ1v) is 8.48. The standard InChI is InChI=1S/C20H23NO5/c1-2-25-19(16-6-4-3-5-7-16)20(24)21-13-12-15-8-10-17(11-9-15)26-14-18(22)23/h3-11,19H,2,12-14H2,1H3,(H,21,24)(H,22,23). The Morgan fingerprint density at radius 2 is 1.77 bits per heavy atom. The summed E-state index contributed by atoms with van der Waals surface area (Å²) in [6.07, 6.45) is 0.0338. The largest absolute Gasteiger partial charge is 0.482 e. The fraction of sp³-hybridized carbons (Fsp3) is 0.300. The van der Waals surface area contributed by atoms with Gasteiger partial charge in [-0.2, -0.15) is 0 Å². The van der Waals surface area contributed by atoms with Crippen molar-refractivity contribution < 1.29 is 24.2 Å². The lowest BCUT2D eigenvalue weighted by Gasteiger charge is -2.17. The van der Waals surface area contributed by atoms with Crippen molar-refractivity contribution in [3.63, 3.8) is 0 Å². The van der Waals surface area contributed by atoms with Crippen molar-refractivity contribution in [1.29, 1.82) is 0 Å². The number of carboxylic acid groups (broad SMARTS) is 1. The first-order valence-electron chi connectivity index (χ1n) is 8.48. The van der Waals surface area contributed by atoms with Crippen LogP contribution >= 0.6 is 0 Å². The van der Waals surface area contributed by atoms with Crippen molar-refractivity contribution in [2.24, 2.45) is 0 Å². The maximum atomic E-state index is 12.4. The van der Waals surface area contributed by atoms with Crippen molar-refractivity contribution in [3.05, 3.63) is 65.7 Å². The van der Waals surface area contributed by atoms with E-state index in [0.717, 1.165) is 11.1 Å². The molecule has 26 heavy (non-hydrogen) atoms. The molecule has 0 radical (unpaired) electrons. The molecule has 6 heteroatoms. The first kappa shape index (κ1) is 19.5. The predicted molar refractivity (Wildman–Crippen MR) is 97.1 cm³/mol. The third kappa shape index (κ3) is 6.22. The fourth-order valence-electron chi connectivity index (χ4n) is 2.44. The van der Waals surface area contributed by atoms with Gasteiger partial charge in [0.1, 0.15) is 5.75 Å². The molecule has 2 N–H and O–H groups in total. The first-order chi connectivity index (χ1) is 12.6. The van der Waals surface area contributed by atoms with Gasteiger partial charge in [-0.15, -0.1) is 0 Å². The van der Waals surface area contributed by atoms with Gasteiger partial charge in [-0.25, -0.2) is 4.79 Å². The average molecular weight is 357 g/mol. The van der Waals surface area contributed by atoms with E-state index in [1.54, 1.807) is 12.1 Å². The molecule has 0 aliphatic rings. The number of carboxylic acids is 1. The van der Waals surface area contributed by atoms with Gasteiger partial charge in [0, 0.05) is 13.2 Å². The van der Waals surface area contributed by atoms with Crippen LogP contribution in [0.15, 0.2) is 54.6 Å². The third-order valence-electron chi connectivity index (χ3n) is 3.67. The van der Waals surface area contributed by atoms with Crippen LogP contribution in [0.2, 0.25) is 0 Å². The molecule has 0 heterocycles. The Kier molecular flexibility index (Phi) is 7.64. The lowest BCUT2D eigenvalue weighted by molar-refractivity contribution is -0.139. The molecule has 1 amide bonds. The number of benzene rings is 2. The van der Waals surface area contributed by atoms with Crippen molar-refractivity contribution in [1.82, 2.24) is 5.32 Å². The van der Waals surface area contributed by atoms with Gasteiger partial charge in [0.2, 0.25) is 0 Å². The van der Waals surface area contributed by atoms with Gasteiger partial charge in [-0.1, -0.05) is 42.5 Å². The summed E-state index contributed by atoms with van der Waals surface area (Å²) in [4.78, 5) is 22.9. The number of nitrogens with one attached hydrogen (secondary N) is 1. The summed E-state index contributed by atoms with van der Waals surface area (Å²) in [5.41, 5.74) is 1.84. The van der Waals surface area contributed by atoms with Crippen molar-refractivity contribution in [2.45, 2.75) is 19.4 Å². The third-order valence-corrected chi connectivity index (χ3v) is 3.67. The number of hydrogen-bond acceptors (Lipinski definition) is 4. The Morgan fingerprint density at radius 1 is 1.08 bits per heavy atom. The number of amides is 1. The van der Waals surface area contributed by atoms with Crippen molar-refractivity contribution in [2.75, 3.05) is 19.8 Å². The summed E-state index contributed by atoms with van der Waals surface area (Å²) in [5, 5.41) is 11.5. The van der Waals surface area contributed by atoms with Crippen LogP contribution in [0.4, 0.5) is 0 Å². The van der Waals surface area contributed by atoms with Gasteiger partial charge in [-0.3, -0.25) is 4.79 Å². The average Bonchev–Trinajstić information content (AvgIpc) is 2.66. The maximum Gasteiger partial charge on any atom is 0.341 e. The Balaban J connectivity index is 1.83. The molecule has 0 saturated heterocycles. The molecule has 0 aliphatic carbocycles. The summed E-state index contributed by atoms with van der Waals surface area (Å²) in [5.74, 6) is -0.681. The lowest BCUT2D eigenvalue weighted by atomic mass is 10.1. The van der Waals surface area contributed by atoms with E-state index in [0.29, 0.717) is 25.3 Å². The minimum Gasteiger partial charge on any atom is -0.482 e. The number of ether oxygens (including phenoxy) is 2. The van der Waals surface area contributed by atoms with Crippen LogP contribution in [0, 0.1) is 0 Å². The summed E-state index contributed by atoms with van der Waals surface area (Å²) < 4.78 is 10.7. The van der Waals surface area contributed by atoms with E-state index in [-0.39, 0.29) is 12.5 Å². The molecule has 0 aliphatic heterocycles. The normalized spacial score (nSPS) is 11.6. The molecule has 0 aromatic heterocycles. The van der Waals surface area contributed by atoms with E-state index in [1.807, 2.05) is 49.4 Å². The molecule has 2 aromatic rings. The molecular weight excluding hydrogens is 334 g/mol. The zero-order chi connectivity index (χ0) is 18.8. The highest BCUT2D eigenvalue weighted by atomic mass is 16.5. The molecule has 0 bridgehead atoms. The van der Waals surface area contributed by atoms with Crippen LogP contribution in [0.3, 0.4) is 0 Å². The second-order valence-corrected chi connectivity index (χ2v) is 5.61. The maximum absolute atomic E-state index is 12.4. The Hall–Kier alpha value is -2.86. The number of carbonyl (C=O) groups excluding carboxylic acids is 1. The quantitative estimate of drug-likeness (QED) is 0.683. The van der Waals surface area contributed by atoms with E-state index >= 15 is 0 Å². The molecule has 6 nitrogen and oxygen atoms in total. The van der Waals surface area contributed by atoms with Gasteiger partial charge in [0.25, 0.3) is 5.91 Å². The lowest BCUT2D eigenvalue weighted by Crippen LogP contribution is -2.32. The SMILES string of the molecule is CCOC(C(=O)NCCc1ccc(OCC(=O)O)cc1)c1ccccc1. The predicted octanol–water partition coefficient (Wildman–Crippen LogP) is 2.59. The van der Waals surface area contributed by atoms with Crippen molar-refractivity contribution in [3.8, 4) is 5.75 Å². The Labute approximate surface area is 152 Å². The summed E-state index contributed by atoms with van der Waals surface area (Å²) in [7, 11) is 0. The second-order valence-electron chi connectivity index (χ2n) is 5.61. The van der Waals surface area contributed by atoms with E-state index in [1.165, 1.54) is 0 Å². The molecule has 1 atom stereocenters. The Morgan fingerprint density at radius 3 is 2.38 bits per heavy atom. The summed E-state index contributed by atoms with van der Waals surface area (Å²) >= 11 is 0. The van der Waals surface area contributed by atoms with Crippen LogP contribution in [-0.2, 0) is 20.7 Å². The van der Waals surface area contributed by atoms with Gasteiger partial charge >= 0.3 is 5.97 Å². The number of aliphatic carboxylic acids is 1. The van der Waals surface area contributed by atoms with Crippen LogP contribution in [0.25, 0.3) is 0 Å². The van der Waals surface area contributed by atoms with Crippen LogP contribution in [0.1, 0.15) is 24.2 Å². The van der Waals surface area contributed by atoms with Gasteiger partial charge in [-0.05, 0) is 36.6 Å². The zero-order valence-electron chi connectivity index (χ0n) is 14.7. The highest BCUT2D eigenvalue weighted by molar-refractivity contribution is 5.82. The topological polar surface area (TPSA) is 84.9 Å². The van der Waals surface area contributed by atoms with E-state index in [4.69, 9.17) is 14.6 Å². The summed E-state index contributed by atoms with van der Waals surface area (Å²) in [6, 6.07) is 16.5. The van der Waals surface area contributed by atoms with E-state index < -0.39 is 12.1 Å². The van der Waals surface area contributed by atoms with Crippen LogP contribution in [-0.4, -0.2) is 36.7 Å². The zero-order valence-corrected chi connectivity index (χ0v) is 14.7. The molecule has 2 aromatic carbocycles. The number of rotatable bonds is 10. The summed E-state index contributed by atoms with van der Waals surface area (Å²) in [6.45, 7) is 2.42. The highest BCUT2D eigenvalue weighted by Crippen LogP contribution is 2.17. The van der Waals surface area contributed by atoms with Gasteiger partial charge < -0.3 is 19.9 Å². The molecule has 2 rings (SSSR count).